The van der Waals surface area contributed by atoms with Gasteiger partial charge in [0.15, 0.2) is 9.84 Å². The summed E-state index contributed by atoms with van der Waals surface area (Å²) in [5, 5.41) is 13.2. The zero-order valence-electron chi connectivity index (χ0n) is 11.8. The van der Waals surface area contributed by atoms with Crippen LogP contribution in [0.25, 0.3) is 0 Å². The minimum absolute atomic E-state index is 0.256. The van der Waals surface area contributed by atoms with Crippen LogP contribution in [-0.2, 0) is 16.4 Å². The van der Waals surface area contributed by atoms with Gasteiger partial charge in [-0.2, -0.15) is 0 Å². The van der Waals surface area contributed by atoms with Crippen molar-refractivity contribution in [2.75, 3.05) is 19.3 Å². The van der Waals surface area contributed by atoms with E-state index in [2.05, 4.69) is 10.3 Å². The SMILES string of the molecule is CS(=O)(=O)c1ccc(C(O)CNCCn2ccnc2)cc1. The molecule has 2 N–H and O–H groups in total. The number of hydrogen-bond acceptors (Lipinski definition) is 5. The molecule has 0 aliphatic rings. The van der Waals surface area contributed by atoms with Gasteiger partial charge in [-0.15, -0.1) is 0 Å². The van der Waals surface area contributed by atoms with E-state index in [4.69, 9.17) is 0 Å². The molecule has 0 fully saturated rings. The predicted molar refractivity (Wildman–Crippen MR) is 79.6 cm³/mol. The van der Waals surface area contributed by atoms with Crippen molar-refractivity contribution in [3.8, 4) is 0 Å². The van der Waals surface area contributed by atoms with E-state index in [-0.39, 0.29) is 4.90 Å². The fraction of sp³-hybridized carbons (Fsp3) is 0.357. The molecule has 114 valence electrons. The van der Waals surface area contributed by atoms with Crippen molar-refractivity contribution in [2.45, 2.75) is 17.5 Å². The number of benzene rings is 1. The van der Waals surface area contributed by atoms with Gasteiger partial charge in [-0.1, -0.05) is 12.1 Å². The zero-order valence-corrected chi connectivity index (χ0v) is 12.6. The largest absolute Gasteiger partial charge is 0.387 e. The molecule has 1 heterocycles. The van der Waals surface area contributed by atoms with Crippen LogP contribution in [0.3, 0.4) is 0 Å². The maximum Gasteiger partial charge on any atom is 0.175 e. The molecule has 0 aliphatic heterocycles. The van der Waals surface area contributed by atoms with Crippen molar-refractivity contribution >= 4 is 9.84 Å². The third kappa shape index (κ3) is 4.66. The van der Waals surface area contributed by atoms with E-state index >= 15 is 0 Å². The van der Waals surface area contributed by atoms with Gasteiger partial charge in [-0.25, -0.2) is 13.4 Å². The molecule has 0 saturated heterocycles. The van der Waals surface area contributed by atoms with Gasteiger partial charge in [0.1, 0.15) is 0 Å². The second-order valence-electron chi connectivity index (χ2n) is 4.86. The summed E-state index contributed by atoms with van der Waals surface area (Å²) in [7, 11) is -3.20. The number of nitrogens with one attached hydrogen (secondary N) is 1. The molecule has 2 rings (SSSR count). The van der Waals surface area contributed by atoms with Crippen LogP contribution in [-0.4, -0.2) is 42.4 Å². The van der Waals surface area contributed by atoms with Crippen LogP contribution >= 0.6 is 0 Å². The van der Waals surface area contributed by atoms with Gasteiger partial charge in [0.2, 0.25) is 0 Å². The fourth-order valence-electron chi connectivity index (χ4n) is 1.92. The van der Waals surface area contributed by atoms with Crippen LogP contribution < -0.4 is 5.32 Å². The van der Waals surface area contributed by atoms with Crippen molar-refractivity contribution < 1.29 is 13.5 Å². The molecule has 2 aromatic rings. The molecule has 1 unspecified atom stereocenters. The van der Waals surface area contributed by atoms with E-state index in [0.29, 0.717) is 12.1 Å². The Morgan fingerprint density at radius 2 is 2.05 bits per heavy atom. The Hall–Kier alpha value is -1.70. The third-order valence-electron chi connectivity index (χ3n) is 3.14. The molecule has 0 aliphatic carbocycles. The van der Waals surface area contributed by atoms with Crippen LogP contribution in [0.15, 0.2) is 47.9 Å². The Morgan fingerprint density at radius 3 is 2.62 bits per heavy atom. The summed E-state index contributed by atoms with van der Waals surface area (Å²) in [6.45, 7) is 1.90. The molecule has 0 amide bonds. The Kier molecular flexibility index (Phi) is 5.11. The highest BCUT2D eigenvalue weighted by molar-refractivity contribution is 7.90. The van der Waals surface area contributed by atoms with Crippen LogP contribution in [0.2, 0.25) is 0 Å². The molecule has 6 nitrogen and oxygen atoms in total. The fourth-order valence-corrected chi connectivity index (χ4v) is 2.55. The van der Waals surface area contributed by atoms with Gasteiger partial charge < -0.3 is 15.0 Å². The van der Waals surface area contributed by atoms with Crippen molar-refractivity contribution in [1.29, 1.82) is 0 Å². The molecule has 1 atom stereocenters. The van der Waals surface area contributed by atoms with Gasteiger partial charge in [-0.3, -0.25) is 0 Å². The first kappa shape index (κ1) is 15.7. The number of aliphatic hydroxyl groups excluding tert-OH is 1. The van der Waals surface area contributed by atoms with E-state index in [1.54, 1.807) is 24.7 Å². The number of aromatic nitrogens is 2. The highest BCUT2D eigenvalue weighted by Crippen LogP contribution is 2.15. The molecule has 7 heteroatoms. The first-order chi connectivity index (χ1) is 9.97. The molecule has 1 aromatic carbocycles. The van der Waals surface area contributed by atoms with Crippen molar-refractivity contribution in [1.82, 2.24) is 14.9 Å². The number of rotatable bonds is 7. The lowest BCUT2D eigenvalue weighted by atomic mass is 10.1. The quantitative estimate of drug-likeness (QED) is 0.732. The summed E-state index contributed by atoms with van der Waals surface area (Å²) in [6.07, 6.45) is 5.83. The van der Waals surface area contributed by atoms with Gasteiger partial charge in [0.05, 0.1) is 17.3 Å². The lowest BCUT2D eigenvalue weighted by Gasteiger charge is -2.13. The highest BCUT2D eigenvalue weighted by atomic mass is 32.2. The topological polar surface area (TPSA) is 84.2 Å². The van der Waals surface area contributed by atoms with E-state index in [1.165, 1.54) is 12.1 Å². The third-order valence-corrected chi connectivity index (χ3v) is 4.27. The number of nitrogens with zero attached hydrogens (tertiary/aromatic N) is 2. The first-order valence-electron chi connectivity index (χ1n) is 6.61. The molecule has 0 saturated carbocycles. The second-order valence-corrected chi connectivity index (χ2v) is 6.88. The van der Waals surface area contributed by atoms with E-state index in [9.17, 15) is 13.5 Å². The van der Waals surface area contributed by atoms with Crippen molar-refractivity contribution in [3.05, 3.63) is 48.5 Å². The smallest absolute Gasteiger partial charge is 0.175 e. The maximum atomic E-state index is 11.4. The van der Waals surface area contributed by atoms with Crippen LogP contribution in [0.5, 0.6) is 0 Å². The summed E-state index contributed by atoms with van der Waals surface area (Å²) in [6, 6.07) is 6.30. The van der Waals surface area contributed by atoms with Crippen molar-refractivity contribution in [3.63, 3.8) is 0 Å². The minimum atomic E-state index is -3.20. The number of hydrogen-bond donors (Lipinski definition) is 2. The number of imidazole rings is 1. The van der Waals surface area contributed by atoms with E-state index < -0.39 is 15.9 Å². The summed E-state index contributed by atoms with van der Waals surface area (Å²) in [5.74, 6) is 0. The Labute approximate surface area is 124 Å². The normalized spacial score (nSPS) is 13.2. The summed E-state index contributed by atoms with van der Waals surface area (Å²) in [5.41, 5.74) is 0.692. The molecule has 0 spiro atoms. The van der Waals surface area contributed by atoms with Crippen LogP contribution in [0, 0.1) is 0 Å². The van der Waals surface area contributed by atoms with Crippen molar-refractivity contribution in [2.24, 2.45) is 0 Å². The summed E-state index contributed by atoms with van der Waals surface area (Å²) >= 11 is 0. The van der Waals surface area contributed by atoms with Gasteiger partial charge in [0.25, 0.3) is 0 Å². The number of sulfone groups is 1. The van der Waals surface area contributed by atoms with Gasteiger partial charge in [0, 0.05) is 38.3 Å². The lowest BCUT2D eigenvalue weighted by Crippen LogP contribution is -2.25. The molecular formula is C14H19N3O3S. The number of aliphatic hydroxyl groups is 1. The van der Waals surface area contributed by atoms with Crippen LogP contribution in [0.4, 0.5) is 0 Å². The van der Waals surface area contributed by atoms with E-state index in [0.717, 1.165) is 19.3 Å². The monoisotopic (exact) mass is 309 g/mol. The molecule has 0 bridgehead atoms. The molecule has 1 aromatic heterocycles. The lowest BCUT2D eigenvalue weighted by molar-refractivity contribution is 0.174. The Morgan fingerprint density at radius 1 is 1.33 bits per heavy atom. The summed E-state index contributed by atoms with van der Waals surface area (Å²) < 4.78 is 24.7. The van der Waals surface area contributed by atoms with Crippen LogP contribution in [0.1, 0.15) is 11.7 Å². The highest BCUT2D eigenvalue weighted by Gasteiger charge is 2.10. The minimum Gasteiger partial charge on any atom is -0.387 e. The van der Waals surface area contributed by atoms with E-state index in [1.807, 2.05) is 10.8 Å². The molecular weight excluding hydrogens is 290 g/mol. The second kappa shape index (κ2) is 6.84. The molecule has 21 heavy (non-hydrogen) atoms. The average molecular weight is 309 g/mol. The predicted octanol–water partition coefficient (Wildman–Crippen LogP) is 0.610. The Bertz CT molecular complexity index is 651. The maximum absolute atomic E-state index is 11.4. The standard InChI is InChI=1S/C14H19N3O3S/c1-21(19,20)13-4-2-12(3-5-13)14(18)10-15-6-8-17-9-7-16-11-17/h2-5,7,9,11,14-15,18H,6,8,10H2,1H3. The summed E-state index contributed by atoms with van der Waals surface area (Å²) in [4.78, 5) is 4.20. The molecule has 0 radical (unpaired) electrons. The average Bonchev–Trinajstić information content (AvgIpc) is 2.96. The zero-order chi connectivity index (χ0) is 15.3. The van der Waals surface area contributed by atoms with Gasteiger partial charge >= 0.3 is 0 Å². The van der Waals surface area contributed by atoms with Gasteiger partial charge in [-0.05, 0) is 17.7 Å². The first-order valence-corrected chi connectivity index (χ1v) is 8.50. The Balaban J connectivity index is 1.81.